The van der Waals surface area contributed by atoms with Gasteiger partial charge in [0.1, 0.15) is 11.4 Å². The molecule has 8 nitrogen and oxygen atoms in total. The molecule has 3 rings (SSSR count). The lowest BCUT2D eigenvalue weighted by molar-refractivity contribution is -0.384. The Morgan fingerprint density at radius 1 is 1.17 bits per heavy atom. The number of rotatable bonds is 6. The van der Waals surface area contributed by atoms with Crippen LogP contribution in [0.1, 0.15) is 36.2 Å². The molecule has 1 atom stereocenters. The lowest BCUT2D eigenvalue weighted by Gasteiger charge is -2.37. The quantitative estimate of drug-likeness (QED) is 0.345. The summed E-state index contributed by atoms with van der Waals surface area (Å²) in [5, 5.41) is 14.3. The van der Waals surface area contributed by atoms with Crippen molar-refractivity contribution < 1.29 is 27.6 Å². The predicted octanol–water partition coefficient (Wildman–Crippen LogP) is 4.63. The van der Waals surface area contributed by atoms with E-state index >= 15 is 0 Å². The summed E-state index contributed by atoms with van der Waals surface area (Å²) < 4.78 is 44.6. The summed E-state index contributed by atoms with van der Waals surface area (Å²) >= 11 is 5.35. The second-order valence-corrected chi connectivity index (χ2v) is 8.44. The predicted molar refractivity (Wildman–Crippen MR) is 129 cm³/mol. The second-order valence-electron chi connectivity index (χ2n) is 8.05. The Morgan fingerprint density at radius 3 is 2.34 bits per heavy atom. The molecule has 1 amide bonds. The van der Waals surface area contributed by atoms with Crippen LogP contribution in [-0.2, 0) is 6.18 Å². The fourth-order valence-electron chi connectivity index (χ4n) is 3.51. The molecule has 2 aromatic carbocycles. The van der Waals surface area contributed by atoms with E-state index in [9.17, 15) is 28.1 Å². The zero-order valence-electron chi connectivity index (χ0n) is 19.2. The number of ether oxygens (including phenoxy) is 1. The van der Waals surface area contributed by atoms with E-state index < -0.39 is 22.4 Å². The van der Waals surface area contributed by atoms with E-state index in [0.29, 0.717) is 30.5 Å². The van der Waals surface area contributed by atoms with Crippen molar-refractivity contribution in [2.75, 3.05) is 31.1 Å². The van der Waals surface area contributed by atoms with Crippen molar-refractivity contribution in [1.29, 1.82) is 0 Å². The number of alkyl halides is 3. The Morgan fingerprint density at radius 2 is 1.80 bits per heavy atom. The SMILES string of the molecule is CCC(C)Oc1ccc(C(=O)NC(=S)N2CCN(c3ccc(C(F)(F)F)cc3[N+](=O)[O-])CC2)cc1. The van der Waals surface area contributed by atoms with Gasteiger partial charge in [-0.3, -0.25) is 20.2 Å². The van der Waals surface area contributed by atoms with Crippen LogP contribution >= 0.6 is 12.2 Å². The Bertz CT molecular complexity index is 1090. The number of thiocarbonyl (C=S) groups is 1. The van der Waals surface area contributed by atoms with Crippen molar-refractivity contribution in [1.82, 2.24) is 10.2 Å². The number of anilines is 1. The highest BCUT2D eigenvalue weighted by atomic mass is 32.1. The molecule has 2 aromatic rings. The van der Waals surface area contributed by atoms with Crippen molar-refractivity contribution in [2.24, 2.45) is 0 Å². The average molecular weight is 511 g/mol. The summed E-state index contributed by atoms with van der Waals surface area (Å²) in [4.78, 5) is 26.5. The molecule has 35 heavy (non-hydrogen) atoms. The van der Waals surface area contributed by atoms with Gasteiger partial charge in [-0.1, -0.05) is 6.92 Å². The standard InChI is InChI=1S/C23H25F3N4O4S/c1-3-15(2)34-18-7-4-16(5-8-18)21(31)27-22(35)29-12-10-28(11-13-29)19-9-6-17(23(24,25)26)14-20(19)30(32)33/h4-9,14-15H,3,10-13H2,1-2H3,(H,27,31,35). The van der Waals surface area contributed by atoms with E-state index in [4.69, 9.17) is 17.0 Å². The number of nitro benzene ring substituents is 1. The number of benzene rings is 2. The summed E-state index contributed by atoms with van der Waals surface area (Å²) in [7, 11) is 0. The van der Waals surface area contributed by atoms with Gasteiger partial charge < -0.3 is 14.5 Å². The molecular formula is C23H25F3N4O4S. The van der Waals surface area contributed by atoms with Gasteiger partial charge in [0.15, 0.2) is 5.11 Å². The van der Waals surface area contributed by atoms with Gasteiger partial charge in [0.05, 0.1) is 16.6 Å². The molecule has 1 saturated heterocycles. The molecule has 0 aromatic heterocycles. The molecule has 1 N–H and O–H groups in total. The molecule has 188 valence electrons. The molecule has 1 fully saturated rings. The van der Waals surface area contributed by atoms with Gasteiger partial charge in [0.2, 0.25) is 0 Å². The first-order valence-electron chi connectivity index (χ1n) is 11.0. The number of nitrogens with one attached hydrogen (secondary N) is 1. The Kier molecular flexibility index (Phi) is 8.15. The van der Waals surface area contributed by atoms with Gasteiger partial charge in [-0.15, -0.1) is 0 Å². The monoisotopic (exact) mass is 510 g/mol. The Labute approximate surface area is 205 Å². The molecule has 1 unspecified atom stereocenters. The molecule has 1 aliphatic heterocycles. The first-order valence-corrected chi connectivity index (χ1v) is 11.4. The molecule has 0 bridgehead atoms. The van der Waals surface area contributed by atoms with Crippen LogP contribution in [-0.4, -0.2) is 53.1 Å². The van der Waals surface area contributed by atoms with Gasteiger partial charge in [0.25, 0.3) is 11.6 Å². The molecule has 0 aliphatic carbocycles. The fourth-order valence-corrected chi connectivity index (χ4v) is 3.79. The number of carbonyl (C=O) groups excluding carboxylic acids is 1. The van der Waals surface area contributed by atoms with Gasteiger partial charge >= 0.3 is 6.18 Å². The largest absolute Gasteiger partial charge is 0.491 e. The van der Waals surface area contributed by atoms with Crippen LogP contribution in [0.2, 0.25) is 0 Å². The van der Waals surface area contributed by atoms with E-state index in [2.05, 4.69) is 5.32 Å². The van der Waals surface area contributed by atoms with Crippen LogP contribution in [0.4, 0.5) is 24.5 Å². The van der Waals surface area contributed by atoms with E-state index in [1.54, 1.807) is 34.1 Å². The maximum absolute atomic E-state index is 13.0. The molecular weight excluding hydrogens is 485 g/mol. The zero-order valence-corrected chi connectivity index (χ0v) is 20.0. The lowest BCUT2D eigenvalue weighted by Crippen LogP contribution is -2.52. The third-order valence-electron chi connectivity index (χ3n) is 5.66. The number of hydrogen-bond acceptors (Lipinski definition) is 6. The van der Waals surface area contributed by atoms with Crippen molar-refractivity contribution in [2.45, 2.75) is 32.5 Å². The van der Waals surface area contributed by atoms with Gasteiger partial charge in [-0.25, -0.2) is 0 Å². The number of hydrogen-bond donors (Lipinski definition) is 1. The maximum atomic E-state index is 13.0. The van der Waals surface area contributed by atoms with E-state index in [1.165, 1.54) is 0 Å². The highest BCUT2D eigenvalue weighted by Gasteiger charge is 2.34. The number of carbonyl (C=O) groups is 1. The van der Waals surface area contributed by atoms with Crippen molar-refractivity contribution >= 4 is 34.6 Å². The molecule has 0 saturated carbocycles. The molecule has 12 heteroatoms. The third kappa shape index (κ3) is 6.59. The molecule has 0 spiro atoms. The minimum Gasteiger partial charge on any atom is -0.491 e. The highest BCUT2D eigenvalue weighted by Crippen LogP contribution is 2.36. The van der Waals surface area contributed by atoms with Crippen LogP contribution < -0.4 is 15.0 Å². The molecule has 1 heterocycles. The highest BCUT2D eigenvalue weighted by molar-refractivity contribution is 7.80. The summed E-state index contributed by atoms with van der Waals surface area (Å²) in [5.41, 5.74) is -1.17. The Hall–Kier alpha value is -3.41. The van der Waals surface area contributed by atoms with Crippen LogP contribution in [0.5, 0.6) is 5.75 Å². The van der Waals surface area contributed by atoms with E-state index in [0.717, 1.165) is 18.6 Å². The summed E-state index contributed by atoms with van der Waals surface area (Å²) in [5.74, 6) is 0.276. The van der Waals surface area contributed by atoms with Crippen LogP contribution in [0.25, 0.3) is 0 Å². The molecule has 1 aliphatic rings. The topological polar surface area (TPSA) is 88.0 Å². The number of nitrogens with zero attached hydrogens (tertiary/aromatic N) is 3. The maximum Gasteiger partial charge on any atom is 0.416 e. The molecule has 0 radical (unpaired) electrons. The number of amides is 1. The number of halogens is 3. The van der Waals surface area contributed by atoms with Gasteiger partial charge in [-0.2, -0.15) is 13.2 Å². The fraction of sp³-hybridized carbons (Fsp3) is 0.391. The first-order chi connectivity index (χ1) is 16.5. The second kappa shape index (κ2) is 10.9. The van der Waals surface area contributed by atoms with Crippen molar-refractivity contribution in [3.05, 3.63) is 63.7 Å². The number of piperazine rings is 1. The van der Waals surface area contributed by atoms with Crippen LogP contribution in [0.15, 0.2) is 42.5 Å². The first kappa shape index (κ1) is 26.2. The smallest absolute Gasteiger partial charge is 0.416 e. The van der Waals surface area contributed by atoms with Gasteiger partial charge in [0, 0.05) is 37.8 Å². The summed E-state index contributed by atoms with van der Waals surface area (Å²) in [6, 6.07) is 9.18. The third-order valence-corrected chi connectivity index (χ3v) is 6.02. The van der Waals surface area contributed by atoms with Crippen LogP contribution in [0, 0.1) is 10.1 Å². The van der Waals surface area contributed by atoms with Crippen molar-refractivity contribution in [3.63, 3.8) is 0 Å². The summed E-state index contributed by atoms with van der Waals surface area (Å²) in [6.07, 6.45) is -3.76. The zero-order chi connectivity index (χ0) is 25.8. The normalized spacial score (nSPS) is 14.9. The van der Waals surface area contributed by atoms with E-state index in [1.807, 2.05) is 13.8 Å². The summed E-state index contributed by atoms with van der Waals surface area (Å²) in [6.45, 7) is 5.19. The minimum atomic E-state index is -4.67. The van der Waals surface area contributed by atoms with Gasteiger partial charge in [-0.05, 0) is 62.0 Å². The lowest BCUT2D eigenvalue weighted by atomic mass is 10.1. The van der Waals surface area contributed by atoms with E-state index in [-0.39, 0.29) is 35.9 Å². The minimum absolute atomic E-state index is 0.0601. The van der Waals surface area contributed by atoms with Crippen LogP contribution in [0.3, 0.4) is 0 Å². The average Bonchev–Trinajstić information content (AvgIpc) is 2.83. The number of nitro groups is 1. The van der Waals surface area contributed by atoms with Crippen molar-refractivity contribution in [3.8, 4) is 5.75 Å². The Balaban J connectivity index is 1.59.